The zero-order valence-corrected chi connectivity index (χ0v) is 13.0. The van der Waals surface area contributed by atoms with E-state index >= 15 is 0 Å². The molecule has 2 aliphatic heterocycles. The smallest absolute Gasteiger partial charge is 0.210 e. The van der Waals surface area contributed by atoms with Crippen molar-refractivity contribution in [2.75, 3.05) is 18.1 Å². The lowest BCUT2D eigenvalue weighted by Crippen LogP contribution is -2.31. The minimum absolute atomic E-state index is 0.362. The molecule has 104 valence electrons. The number of hydrogen-bond donors (Lipinski definition) is 0. The van der Waals surface area contributed by atoms with Crippen molar-refractivity contribution in [3.05, 3.63) is 15.9 Å². The van der Waals surface area contributed by atoms with Crippen LogP contribution in [-0.4, -0.2) is 43.3 Å². The average molecular weight is 346 g/mol. The number of rotatable bonds is 2. The van der Waals surface area contributed by atoms with E-state index in [1.54, 1.807) is 4.90 Å². The standard InChI is InChI=1S/C12H16BrN3O2S/c13-12-10-7-15(8-17)4-1-11(10)16(14-12)9-2-5-19(18)6-3-9/h8-9H,1-7H2. The van der Waals surface area contributed by atoms with Crippen molar-refractivity contribution in [3.63, 3.8) is 0 Å². The third-order valence-electron chi connectivity index (χ3n) is 3.92. The highest BCUT2D eigenvalue weighted by atomic mass is 79.9. The van der Waals surface area contributed by atoms with Gasteiger partial charge in [0.15, 0.2) is 0 Å². The van der Waals surface area contributed by atoms with Crippen LogP contribution in [0.3, 0.4) is 0 Å². The lowest BCUT2D eigenvalue weighted by atomic mass is 10.1. The maximum absolute atomic E-state index is 11.4. The highest BCUT2D eigenvalue weighted by molar-refractivity contribution is 9.10. The van der Waals surface area contributed by atoms with Gasteiger partial charge in [0.1, 0.15) is 4.60 Å². The number of aromatic nitrogens is 2. The first-order valence-corrected chi connectivity index (χ1v) is 8.77. The minimum Gasteiger partial charge on any atom is -0.340 e. The molecule has 3 rings (SSSR count). The monoisotopic (exact) mass is 345 g/mol. The predicted octanol–water partition coefficient (Wildman–Crippen LogP) is 1.24. The molecule has 0 saturated carbocycles. The summed E-state index contributed by atoms with van der Waals surface area (Å²) in [6, 6.07) is 0.362. The number of halogens is 1. The SMILES string of the molecule is O=CN1CCc2c(c(Br)nn2C2CCS(=O)CC2)C1. The van der Waals surface area contributed by atoms with E-state index in [1.807, 2.05) is 0 Å². The zero-order chi connectivity index (χ0) is 13.4. The van der Waals surface area contributed by atoms with Crippen LogP contribution in [0.1, 0.15) is 30.1 Å². The van der Waals surface area contributed by atoms with Crippen LogP contribution in [0, 0.1) is 0 Å². The van der Waals surface area contributed by atoms with Gasteiger partial charge in [0, 0.05) is 53.1 Å². The number of fused-ring (bicyclic) bond motifs is 1. The maximum Gasteiger partial charge on any atom is 0.210 e. The van der Waals surface area contributed by atoms with Crippen molar-refractivity contribution in [2.24, 2.45) is 0 Å². The molecule has 0 aliphatic carbocycles. The van der Waals surface area contributed by atoms with Gasteiger partial charge in [-0.1, -0.05) is 0 Å². The largest absolute Gasteiger partial charge is 0.340 e. The molecule has 0 unspecified atom stereocenters. The second-order valence-corrected chi connectivity index (χ2v) is 7.51. The molecule has 0 aromatic carbocycles. The van der Waals surface area contributed by atoms with Crippen molar-refractivity contribution in [1.82, 2.24) is 14.7 Å². The van der Waals surface area contributed by atoms with E-state index in [9.17, 15) is 9.00 Å². The quantitative estimate of drug-likeness (QED) is 0.758. The Balaban J connectivity index is 1.88. The van der Waals surface area contributed by atoms with Crippen LogP contribution in [-0.2, 0) is 28.6 Å². The summed E-state index contributed by atoms with van der Waals surface area (Å²) in [5.74, 6) is 1.55. The average Bonchev–Trinajstić information content (AvgIpc) is 2.76. The maximum atomic E-state index is 11.4. The summed E-state index contributed by atoms with van der Waals surface area (Å²) in [5.41, 5.74) is 2.37. The van der Waals surface area contributed by atoms with E-state index in [-0.39, 0.29) is 0 Å². The van der Waals surface area contributed by atoms with Crippen molar-refractivity contribution >= 4 is 33.1 Å². The molecule has 1 aromatic heterocycles. The topological polar surface area (TPSA) is 55.2 Å². The number of carbonyl (C=O) groups is 1. The zero-order valence-electron chi connectivity index (χ0n) is 10.5. The number of carbonyl (C=O) groups excluding carboxylic acids is 1. The molecular formula is C12H16BrN3O2S. The molecule has 0 radical (unpaired) electrons. The molecule has 0 bridgehead atoms. The fraction of sp³-hybridized carbons (Fsp3) is 0.667. The normalized spacial score (nSPS) is 27.1. The Labute approximate surface area is 122 Å². The minimum atomic E-state index is -0.644. The van der Waals surface area contributed by atoms with Gasteiger partial charge < -0.3 is 4.90 Å². The first kappa shape index (κ1) is 13.3. The third-order valence-corrected chi connectivity index (χ3v) is 5.94. The summed E-state index contributed by atoms with van der Waals surface area (Å²) in [5, 5.41) is 4.60. The van der Waals surface area contributed by atoms with Crippen molar-refractivity contribution in [1.29, 1.82) is 0 Å². The van der Waals surface area contributed by atoms with Crippen LogP contribution < -0.4 is 0 Å². The lowest BCUT2D eigenvalue weighted by Gasteiger charge is -2.27. The summed E-state index contributed by atoms with van der Waals surface area (Å²) >= 11 is 3.50. The highest BCUT2D eigenvalue weighted by Crippen LogP contribution is 2.31. The van der Waals surface area contributed by atoms with Crippen molar-refractivity contribution in [2.45, 2.75) is 31.8 Å². The van der Waals surface area contributed by atoms with Gasteiger partial charge in [0.25, 0.3) is 0 Å². The first-order chi connectivity index (χ1) is 9.19. The third kappa shape index (κ3) is 2.50. The Kier molecular flexibility index (Phi) is 3.75. The Hall–Kier alpha value is -0.690. The molecule has 2 aliphatic rings. The summed E-state index contributed by atoms with van der Waals surface area (Å²) in [7, 11) is -0.644. The molecular weight excluding hydrogens is 330 g/mol. The number of hydrogen-bond acceptors (Lipinski definition) is 3. The van der Waals surface area contributed by atoms with E-state index < -0.39 is 10.8 Å². The second kappa shape index (κ2) is 5.36. The molecule has 7 heteroatoms. The molecule has 0 spiro atoms. The Morgan fingerprint density at radius 2 is 2.11 bits per heavy atom. The van der Waals surface area contributed by atoms with E-state index in [1.165, 1.54) is 5.69 Å². The molecule has 1 aromatic rings. The van der Waals surface area contributed by atoms with Gasteiger partial charge in [-0.25, -0.2) is 0 Å². The number of amides is 1. The van der Waals surface area contributed by atoms with Crippen LogP contribution in [0.2, 0.25) is 0 Å². The van der Waals surface area contributed by atoms with Gasteiger partial charge in [-0.2, -0.15) is 5.10 Å². The summed E-state index contributed by atoms with van der Waals surface area (Å²) in [6.45, 7) is 1.39. The van der Waals surface area contributed by atoms with E-state index in [4.69, 9.17) is 0 Å². The van der Waals surface area contributed by atoms with E-state index in [0.29, 0.717) is 12.6 Å². The van der Waals surface area contributed by atoms with Crippen molar-refractivity contribution < 1.29 is 9.00 Å². The first-order valence-electron chi connectivity index (χ1n) is 6.49. The molecule has 5 nitrogen and oxygen atoms in total. The van der Waals surface area contributed by atoms with Gasteiger partial charge in [-0.15, -0.1) is 0 Å². The molecule has 3 heterocycles. The Morgan fingerprint density at radius 1 is 1.37 bits per heavy atom. The fourth-order valence-electron chi connectivity index (χ4n) is 2.84. The fourth-order valence-corrected chi connectivity index (χ4v) is 4.64. The molecule has 19 heavy (non-hydrogen) atoms. The summed E-state index contributed by atoms with van der Waals surface area (Å²) in [6.07, 6.45) is 3.62. The van der Waals surface area contributed by atoms with E-state index in [0.717, 1.165) is 53.9 Å². The van der Waals surface area contributed by atoms with Crippen LogP contribution >= 0.6 is 15.9 Å². The van der Waals surface area contributed by atoms with Gasteiger partial charge >= 0.3 is 0 Å². The molecule has 0 N–H and O–H groups in total. The van der Waals surface area contributed by atoms with Gasteiger partial charge in [0.2, 0.25) is 6.41 Å². The van der Waals surface area contributed by atoms with Crippen LogP contribution in [0.4, 0.5) is 0 Å². The lowest BCUT2D eigenvalue weighted by molar-refractivity contribution is -0.118. The molecule has 1 saturated heterocycles. The van der Waals surface area contributed by atoms with Gasteiger partial charge in [-0.3, -0.25) is 13.7 Å². The van der Waals surface area contributed by atoms with Crippen LogP contribution in [0.5, 0.6) is 0 Å². The van der Waals surface area contributed by atoms with E-state index in [2.05, 4.69) is 25.7 Å². The van der Waals surface area contributed by atoms with Crippen LogP contribution in [0.25, 0.3) is 0 Å². The van der Waals surface area contributed by atoms with Gasteiger partial charge in [0.05, 0.1) is 6.04 Å². The highest BCUT2D eigenvalue weighted by Gasteiger charge is 2.28. The summed E-state index contributed by atoms with van der Waals surface area (Å²) < 4.78 is 14.4. The Morgan fingerprint density at radius 3 is 2.79 bits per heavy atom. The Bertz CT molecular complexity index is 521. The predicted molar refractivity (Wildman–Crippen MR) is 76.3 cm³/mol. The van der Waals surface area contributed by atoms with Crippen LogP contribution in [0.15, 0.2) is 4.60 Å². The molecule has 0 atom stereocenters. The summed E-state index contributed by atoms with van der Waals surface area (Å²) in [4.78, 5) is 12.6. The van der Waals surface area contributed by atoms with Gasteiger partial charge in [-0.05, 0) is 28.8 Å². The number of nitrogens with zero attached hydrogens (tertiary/aromatic N) is 3. The second-order valence-electron chi connectivity index (χ2n) is 5.07. The van der Waals surface area contributed by atoms with Crippen molar-refractivity contribution in [3.8, 4) is 0 Å². The molecule has 1 amide bonds. The molecule has 1 fully saturated rings.